The third-order valence-electron chi connectivity index (χ3n) is 4.93. The van der Waals surface area contributed by atoms with E-state index in [-0.39, 0.29) is 11.8 Å². The van der Waals surface area contributed by atoms with E-state index in [2.05, 4.69) is 17.1 Å². The van der Waals surface area contributed by atoms with Gasteiger partial charge in [-0.3, -0.25) is 14.5 Å². The predicted molar refractivity (Wildman–Crippen MR) is 104 cm³/mol. The SMILES string of the molecule is CCc1ccccc1NC(=O)CN1CCN(C(=O)CCc2ccco2)CC1. The molecule has 1 aromatic carbocycles. The molecule has 1 aliphatic heterocycles. The van der Waals surface area contributed by atoms with E-state index in [0.717, 1.165) is 36.5 Å². The number of carbonyl (C=O) groups excluding carboxylic acids is 2. The first-order valence-electron chi connectivity index (χ1n) is 9.56. The minimum atomic E-state index is -0.00602. The van der Waals surface area contributed by atoms with Crippen LogP contribution in [-0.4, -0.2) is 54.3 Å². The number of nitrogens with zero attached hydrogens (tertiary/aromatic N) is 2. The average Bonchev–Trinajstić information content (AvgIpc) is 3.20. The van der Waals surface area contributed by atoms with Gasteiger partial charge in [-0.05, 0) is 30.2 Å². The molecule has 2 aromatic rings. The Labute approximate surface area is 160 Å². The van der Waals surface area contributed by atoms with Crippen molar-refractivity contribution < 1.29 is 14.0 Å². The molecular weight excluding hydrogens is 342 g/mol. The molecule has 0 saturated carbocycles. The first kappa shape index (κ1) is 19.2. The Morgan fingerprint density at radius 3 is 2.56 bits per heavy atom. The highest BCUT2D eigenvalue weighted by Crippen LogP contribution is 2.15. The highest BCUT2D eigenvalue weighted by molar-refractivity contribution is 5.93. The molecule has 1 N–H and O–H groups in total. The van der Waals surface area contributed by atoms with Crippen LogP contribution in [0.5, 0.6) is 0 Å². The quantitative estimate of drug-likeness (QED) is 0.815. The summed E-state index contributed by atoms with van der Waals surface area (Å²) in [5.41, 5.74) is 2.02. The third kappa shape index (κ3) is 5.44. The van der Waals surface area contributed by atoms with Gasteiger partial charge >= 0.3 is 0 Å². The van der Waals surface area contributed by atoms with Crippen molar-refractivity contribution in [3.05, 3.63) is 54.0 Å². The maximum Gasteiger partial charge on any atom is 0.238 e. The summed E-state index contributed by atoms with van der Waals surface area (Å²) < 4.78 is 5.27. The fraction of sp³-hybridized carbons (Fsp3) is 0.429. The van der Waals surface area contributed by atoms with Crippen molar-refractivity contribution in [2.45, 2.75) is 26.2 Å². The van der Waals surface area contributed by atoms with E-state index in [1.54, 1.807) is 6.26 Å². The summed E-state index contributed by atoms with van der Waals surface area (Å²) in [5, 5.41) is 3.01. The van der Waals surface area contributed by atoms with Gasteiger partial charge in [-0.1, -0.05) is 25.1 Å². The van der Waals surface area contributed by atoms with E-state index in [4.69, 9.17) is 4.42 Å². The number of hydrogen-bond acceptors (Lipinski definition) is 4. The summed E-state index contributed by atoms with van der Waals surface area (Å²) >= 11 is 0. The smallest absolute Gasteiger partial charge is 0.238 e. The zero-order valence-corrected chi connectivity index (χ0v) is 15.8. The number of furan rings is 1. The highest BCUT2D eigenvalue weighted by Gasteiger charge is 2.22. The molecule has 0 atom stereocenters. The number of amides is 2. The van der Waals surface area contributed by atoms with Crippen LogP contribution >= 0.6 is 0 Å². The van der Waals surface area contributed by atoms with Gasteiger partial charge < -0.3 is 14.6 Å². The topological polar surface area (TPSA) is 65.8 Å². The molecule has 3 rings (SSSR count). The maximum absolute atomic E-state index is 12.4. The fourth-order valence-corrected chi connectivity index (χ4v) is 3.34. The molecule has 1 aliphatic rings. The van der Waals surface area contributed by atoms with Gasteiger partial charge in [0.15, 0.2) is 0 Å². The highest BCUT2D eigenvalue weighted by atomic mass is 16.3. The molecule has 144 valence electrons. The number of nitrogens with one attached hydrogen (secondary N) is 1. The third-order valence-corrected chi connectivity index (χ3v) is 4.93. The number of hydrogen-bond donors (Lipinski definition) is 1. The lowest BCUT2D eigenvalue weighted by Crippen LogP contribution is -2.50. The van der Waals surface area contributed by atoms with Crippen molar-refractivity contribution in [1.29, 1.82) is 0 Å². The second kappa shape index (κ2) is 9.37. The number of anilines is 1. The lowest BCUT2D eigenvalue weighted by atomic mass is 10.1. The monoisotopic (exact) mass is 369 g/mol. The number of carbonyl (C=O) groups is 2. The molecule has 6 heteroatoms. The molecule has 1 aromatic heterocycles. The molecule has 1 fully saturated rings. The molecule has 0 radical (unpaired) electrons. The summed E-state index contributed by atoms with van der Waals surface area (Å²) in [6.07, 6.45) is 3.60. The molecule has 0 unspecified atom stereocenters. The van der Waals surface area contributed by atoms with Crippen molar-refractivity contribution in [2.24, 2.45) is 0 Å². The lowest BCUT2D eigenvalue weighted by Gasteiger charge is -2.34. The van der Waals surface area contributed by atoms with Crippen molar-refractivity contribution in [3.63, 3.8) is 0 Å². The fourth-order valence-electron chi connectivity index (χ4n) is 3.34. The molecule has 0 aliphatic carbocycles. The standard InChI is InChI=1S/C21H27N3O3/c1-2-17-6-3-4-8-19(17)22-20(25)16-23-11-13-24(14-12-23)21(26)10-9-18-7-5-15-27-18/h3-8,15H,2,9-14,16H2,1H3,(H,22,25). The van der Waals surface area contributed by atoms with Crippen LogP contribution in [0.2, 0.25) is 0 Å². The zero-order valence-electron chi connectivity index (χ0n) is 15.8. The number of rotatable bonds is 7. The minimum absolute atomic E-state index is 0.00602. The average molecular weight is 369 g/mol. The molecule has 2 amide bonds. The van der Waals surface area contributed by atoms with Gasteiger partial charge in [-0.15, -0.1) is 0 Å². The van der Waals surface area contributed by atoms with Crippen LogP contribution in [0.25, 0.3) is 0 Å². The van der Waals surface area contributed by atoms with Gasteiger partial charge in [0, 0.05) is 44.7 Å². The molecule has 2 heterocycles. The summed E-state index contributed by atoms with van der Waals surface area (Å²) in [5.74, 6) is 0.979. The first-order chi connectivity index (χ1) is 13.2. The van der Waals surface area contributed by atoms with E-state index >= 15 is 0 Å². The second-order valence-corrected chi connectivity index (χ2v) is 6.80. The zero-order chi connectivity index (χ0) is 19.1. The van der Waals surface area contributed by atoms with E-state index in [1.165, 1.54) is 0 Å². The van der Waals surface area contributed by atoms with Gasteiger partial charge in [0.1, 0.15) is 5.76 Å². The van der Waals surface area contributed by atoms with Crippen LogP contribution in [0.1, 0.15) is 24.7 Å². The van der Waals surface area contributed by atoms with E-state index in [0.29, 0.717) is 32.5 Å². The van der Waals surface area contributed by atoms with Crippen molar-refractivity contribution in [3.8, 4) is 0 Å². The second-order valence-electron chi connectivity index (χ2n) is 6.80. The van der Waals surface area contributed by atoms with Crippen molar-refractivity contribution in [2.75, 3.05) is 38.0 Å². The molecule has 27 heavy (non-hydrogen) atoms. The number of aryl methyl sites for hydroxylation is 2. The summed E-state index contributed by atoms with van der Waals surface area (Å²) in [6, 6.07) is 11.6. The first-order valence-corrected chi connectivity index (χ1v) is 9.56. The summed E-state index contributed by atoms with van der Waals surface area (Å²) in [4.78, 5) is 28.7. The molecule has 0 bridgehead atoms. The maximum atomic E-state index is 12.4. The van der Waals surface area contributed by atoms with Crippen LogP contribution < -0.4 is 5.32 Å². The largest absolute Gasteiger partial charge is 0.469 e. The van der Waals surface area contributed by atoms with Gasteiger partial charge in [0.2, 0.25) is 11.8 Å². The van der Waals surface area contributed by atoms with Crippen LogP contribution in [0.15, 0.2) is 47.1 Å². The van der Waals surface area contributed by atoms with E-state index in [9.17, 15) is 9.59 Å². The molecule has 0 spiro atoms. The van der Waals surface area contributed by atoms with Crippen molar-refractivity contribution in [1.82, 2.24) is 9.80 Å². The Bertz CT molecular complexity index is 750. The van der Waals surface area contributed by atoms with Gasteiger partial charge in [0.05, 0.1) is 12.8 Å². The Kier molecular flexibility index (Phi) is 6.65. The molecule has 1 saturated heterocycles. The molecular formula is C21H27N3O3. The predicted octanol–water partition coefficient (Wildman–Crippen LogP) is 2.56. The lowest BCUT2D eigenvalue weighted by molar-refractivity contribution is -0.133. The number of para-hydroxylation sites is 1. The Morgan fingerprint density at radius 2 is 1.85 bits per heavy atom. The van der Waals surface area contributed by atoms with E-state index in [1.807, 2.05) is 41.3 Å². The Balaban J connectivity index is 1.41. The van der Waals surface area contributed by atoms with Gasteiger partial charge in [0.25, 0.3) is 0 Å². The summed E-state index contributed by atoms with van der Waals surface area (Å²) in [6.45, 7) is 5.19. The molecule has 6 nitrogen and oxygen atoms in total. The van der Waals surface area contributed by atoms with Gasteiger partial charge in [-0.25, -0.2) is 0 Å². The van der Waals surface area contributed by atoms with Crippen LogP contribution in [0.3, 0.4) is 0 Å². The summed E-state index contributed by atoms with van der Waals surface area (Å²) in [7, 11) is 0. The van der Waals surface area contributed by atoms with Crippen LogP contribution in [-0.2, 0) is 22.4 Å². The normalized spacial score (nSPS) is 14.9. The minimum Gasteiger partial charge on any atom is -0.469 e. The van der Waals surface area contributed by atoms with Crippen LogP contribution in [0.4, 0.5) is 5.69 Å². The van der Waals surface area contributed by atoms with Gasteiger partial charge in [-0.2, -0.15) is 0 Å². The number of piperazine rings is 1. The Hall–Kier alpha value is -2.60. The van der Waals surface area contributed by atoms with E-state index < -0.39 is 0 Å². The number of benzene rings is 1. The van der Waals surface area contributed by atoms with Crippen molar-refractivity contribution >= 4 is 17.5 Å². The van der Waals surface area contributed by atoms with Crippen LogP contribution in [0, 0.1) is 0 Å². The Morgan fingerprint density at radius 1 is 1.07 bits per heavy atom.